The molecule has 0 spiro atoms. The fourth-order valence-electron chi connectivity index (χ4n) is 0.613. The molecular weight excluding hydrogens is 159 g/mol. The van der Waals surface area contributed by atoms with Gasteiger partial charge in [-0.05, 0) is 20.8 Å². The fraction of sp³-hybridized carbons (Fsp3) is 0.857. The third-order valence-electron chi connectivity index (χ3n) is 0.962. The van der Waals surface area contributed by atoms with Gasteiger partial charge in [0.05, 0.1) is 6.42 Å². The molecule has 0 aromatic rings. The van der Waals surface area contributed by atoms with Crippen LogP contribution in [0.15, 0.2) is 0 Å². The quantitative estimate of drug-likeness (QED) is 0.370. The molecular formula is C7H15BO4. The van der Waals surface area contributed by atoms with Gasteiger partial charge in [-0.3, -0.25) is 4.79 Å². The Morgan fingerprint density at radius 2 is 2.08 bits per heavy atom. The molecule has 12 heavy (non-hydrogen) atoms. The monoisotopic (exact) mass is 174 g/mol. The van der Waals surface area contributed by atoms with Crippen molar-refractivity contribution in [3.8, 4) is 0 Å². The Labute approximate surface area is 73.2 Å². The van der Waals surface area contributed by atoms with Gasteiger partial charge in [0.25, 0.3) is 0 Å². The molecule has 0 aliphatic heterocycles. The highest BCUT2D eigenvalue weighted by Crippen LogP contribution is 2.07. The Bertz CT molecular complexity index is 141. The molecule has 0 aromatic carbocycles. The highest BCUT2D eigenvalue weighted by Gasteiger charge is 2.15. The van der Waals surface area contributed by atoms with E-state index < -0.39 is 5.60 Å². The first kappa shape index (κ1) is 11.5. The van der Waals surface area contributed by atoms with Crippen molar-refractivity contribution in [2.75, 3.05) is 6.61 Å². The van der Waals surface area contributed by atoms with Crippen molar-refractivity contribution in [3.05, 3.63) is 0 Å². The van der Waals surface area contributed by atoms with Crippen LogP contribution in [0, 0.1) is 0 Å². The van der Waals surface area contributed by atoms with E-state index in [9.17, 15) is 4.79 Å². The molecule has 0 heterocycles. The molecule has 0 radical (unpaired) electrons. The normalized spacial score (nSPS) is 11.0. The number of ether oxygens (including phenoxy) is 1. The average molecular weight is 174 g/mol. The van der Waals surface area contributed by atoms with Crippen LogP contribution < -0.4 is 0 Å². The predicted octanol–water partition coefficient (Wildman–Crippen LogP) is -0.00640. The minimum absolute atomic E-state index is 0.178. The maximum Gasteiger partial charge on any atom is 0.435 e. The summed E-state index contributed by atoms with van der Waals surface area (Å²) in [6, 6.07) is 0. The van der Waals surface area contributed by atoms with Gasteiger partial charge >= 0.3 is 13.7 Å². The molecule has 0 amide bonds. The summed E-state index contributed by atoms with van der Waals surface area (Å²) >= 11 is 0. The lowest BCUT2D eigenvalue weighted by Gasteiger charge is -2.19. The van der Waals surface area contributed by atoms with Crippen molar-refractivity contribution in [2.45, 2.75) is 32.8 Å². The van der Waals surface area contributed by atoms with Gasteiger partial charge in [-0.25, -0.2) is 0 Å². The number of carbonyl (C=O) groups excluding carboxylic acids is 1. The minimum Gasteiger partial charge on any atom is -0.460 e. The maximum absolute atomic E-state index is 10.9. The topological polar surface area (TPSA) is 55.8 Å². The van der Waals surface area contributed by atoms with E-state index in [1.54, 1.807) is 20.8 Å². The zero-order valence-electron chi connectivity index (χ0n) is 7.79. The third kappa shape index (κ3) is 7.56. The van der Waals surface area contributed by atoms with Gasteiger partial charge in [0.2, 0.25) is 0 Å². The summed E-state index contributed by atoms with van der Waals surface area (Å²) in [5, 5.41) is 8.24. The van der Waals surface area contributed by atoms with Gasteiger partial charge < -0.3 is 14.4 Å². The number of hydrogen-bond acceptors (Lipinski definition) is 4. The van der Waals surface area contributed by atoms with E-state index in [1.807, 2.05) is 0 Å². The molecule has 0 bridgehead atoms. The van der Waals surface area contributed by atoms with Crippen LogP contribution in [0.1, 0.15) is 27.2 Å². The standard InChI is InChI=1S/C7H15BO4/c1-7(2,3)12-6(9)4-5-11-8-10/h8,10H,4-5H2,1-3H3. The zero-order chi connectivity index (χ0) is 9.61. The Hall–Kier alpha value is -0.545. The van der Waals surface area contributed by atoms with Gasteiger partial charge in [-0.1, -0.05) is 0 Å². The molecule has 5 heteroatoms. The van der Waals surface area contributed by atoms with Crippen LogP contribution in [0.4, 0.5) is 0 Å². The average Bonchev–Trinajstić information content (AvgIpc) is 1.84. The molecule has 70 valence electrons. The third-order valence-corrected chi connectivity index (χ3v) is 0.962. The summed E-state index contributed by atoms with van der Waals surface area (Å²) in [6.45, 7) is 5.61. The molecule has 0 saturated heterocycles. The Morgan fingerprint density at radius 1 is 1.50 bits per heavy atom. The molecule has 0 aromatic heterocycles. The molecule has 0 saturated carbocycles. The zero-order valence-corrected chi connectivity index (χ0v) is 7.79. The van der Waals surface area contributed by atoms with Crippen LogP contribution in [-0.4, -0.2) is 30.9 Å². The summed E-state index contributed by atoms with van der Waals surface area (Å²) in [7, 11) is -0.358. The lowest BCUT2D eigenvalue weighted by Crippen LogP contribution is -2.24. The van der Waals surface area contributed by atoms with Gasteiger partial charge in [-0.2, -0.15) is 0 Å². The summed E-state index contributed by atoms with van der Waals surface area (Å²) < 4.78 is 9.56. The van der Waals surface area contributed by atoms with Crippen LogP contribution in [0.3, 0.4) is 0 Å². The molecule has 0 rings (SSSR count). The molecule has 0 fully saturated rings. The number of carbonyl (C=O) groups is 1. The first-order chi connectivity index (χ1) is 5.45. The smallest absolute Gasteiger partial charge is 0.435 e. The first-order valence-corrected chi connectivity index (χ1v) is 3.86. The van der Waals surface area contributed by atoms with Crippen LogP contribution in [0.25, 0.3) is 0 Å². The van der Waals surface area contributed by atoms with Crippen molar-refractivity contribution < 1.29 is 19.2 Å². The first-order valence-electron chi connectivity index (χ1n) is 3.86. The van der Waals surface area contributed by atoms with Crippen molar-refractivity contribution in [1.29, 1.82) is 0 Å². The molecule has 0 aliphatic carbocycles. The summed E-state index contributed by atoms with van der Waals surface area (Å²) in [5.41, 5.74) is -0.448. The van der Waals surface area contributed by atoms with Crippen LogP contribution in [0.5, 0.6) is 0 Å². The van der Waals surface area contributed by atoms with Gasteiger partial charge in [-0.15, -0.1) is 0 Å². The Balaban J connectivity index is 3.47. The minimum atomic E-state index is -0.448. The highest BCUT2D eigenvalue weighted by atomic mass is 16.6. The van der Waals surface area contributed by atoms with E-state index in [4.69, 9.17) is 9.76 Å². The second-order valence-corrected chi connectivity index (χ2v) is 3.37. The van der Waals surface area contributed by atoms with Crippen molar-refractivity contribution in [1.82, 2.24) is 0 Å². The van der Waals surface area contributed by atoms with E-state index in [1.165, 1.54) is 0 Å². The number of esters is 1. The second-order valence-electron chi connectivity index (χ2n) is 3.37. The van der Waals surface area contributed by atoms with Gasteiger partial charge in [0, 0.05) is 6.61 Å². The van der Waals surface area contributed by atoms with Gasteiger partial charge in [0.1, 0.15) is 5.60 Å². The van der Waals surface area contributed by atoms with E-state index in [2.05, 4.69) is 4.65 Å². The summed E-state index contributed by atoms with van der Waals surface area (Å²) in [6.07, 6.45) is 0.178. The Kier molecular flexibility index (Phi) is 4.93. The highest BCUT2D eigenvalue weighted by molar-refractivity contribution is 6.15. The van der Waals surface area contributed by atoms with Gasteiger partial charge in [0.15, 0.2) is 0 Å². The summed E-state index contributed by atoms with van der Waals surface area (Å²) in [4.78, 5) is 10.9. The molecule has 0 aliphatic rings. The molecule has 4 nitrogen and oxygen atoms in total. The summed E-state index contributed by atoms with van der Waals surface area (Å²) in [5.74, 6) is -0.309. The van der Waals surface area contributed by atoms with Crippen LogP contribution in [0.2, 0.25) is 0 Å². The Morgan fingerprint density at radius 3 is 2.50 bits per heavy atom. The van der Waals surface area contributed by atoms with Crippen LogP contribution >= 0.6 is 0 Å². The maximum atomic E-state index is 10.9. The molecule has 1 N–H and O–H groups in total. The largest absolute Gasteiger partial charge is 0.460 e. The van der Waals surface area contributed by atoms with Crippen molar-refractivity contribution in [2.24, 2.45) is 0 Å². The van der Waals surface area contributed by atoms with E-state index in [-0.39, 0.29) is 26.7 Å². The number of rotatable bonds is 4. The van der Waals surface area contributed by atoms with E-state index in [0.717, 1.165) is 0 Å². The fourth-order valence-corrected chi connectivity index (χ4v) is 0.613. The van der Waals surface area contributed by atoms with Crippen molar-refractivity contribution in [3.63, 3.8) is 0 Å². The molecule has 0 atom stereocenters. The molecule has 0 unspecified atom stereocenters. The SMILES string of the molecule is CC(C)(C)OC(=O)CCOBO. The second kappa shape index (κ2) is 5.16. The van der Waals surface area contributed by atoms with E-state index in [0.29, 0.717) is 0 Å². The van der Waals surface area contributed by atoms with Crippen LogP contribution in [-0.2, 0) is 14.2 Å². The van der Waals surface area contributed by atoms with Crippen molar-refractivity contribution >= 4 is 13.7 Å². The van der Waals surface area contributed by atoms with E-state index >= 15 is 0 Å². The lowest BCUT2D eigenvalue weighted by atomic mass is 10.2. The predicted molar refractivity (Wildman–Crippen MR) is 45.8 cm³/mol. The lowest BCUT2D eigenvalue weighted by molar-refractivity contribution is -0.155. The number of hydrogen-bond donors (Lipinski definition) is 1.